The molecule has 0 aliphatic heterocycles. The minimum atomic E-state index is 1.00. The molecule has 0 unspecified atom stereocenters. The average molecular weight is 1100 g/mol. The molecule has 0 saturated carbocycles. The molecule has 390 valence electrons. The quantitative estimate of drug-likeness (QED) is 0.126. The standard InChI is InChI=1S/C56H64B32O/c57-23-15(7-5-1-3-11(33(67)27(5)61)39(73)47(81)41(75)13(3)37(71)35(69)9(1)31(65)29(7)63)25(59)21-22-26(60)16(8-6-2-4-12(34(68)28(6)62)40(74)48(82)42(76)14(4)38(72)36(70)10(2)32(66)30(8)64)24(58)20(18-45(79)51(85)54(88)52(86)46(18)80)56(22)89-55(21)19(23)17-43(77)49(83)53(87)50(84)44(17)78/h57-88H2. The molecule has 0 spiro atoms. The lowest BCUT2D eigenvalue weighted by molar-refractivity contribution is 0.672. The van der Waals surface area contributed by atoms with E-state index in [1.807, 2.05) is 0 Å². The Morgan fingerprint density at radius 1 is 0.101 bits per heavy atom. The summed E-state index contributed by atoms with van der Waals surface area (Å²) in [7, 11) is 76.7. The van der Waals surface area contributed by atoms with Crippen LogP contribution in [0.1, 0.15) is 0 Å². The minimum absolute atomic E-state index is 1.00. The Morgan fingerprint density at radius 3 is 0.506 bits per heavy atom. The molecule has 0 aliphatic carbocycles. The number of hydrogen-bond acceptors (Lipinski definition) is 1. The molecule has 0 amide bonds. The molecule has 0 N–H and O–H groups in total. The Balaban J connectivity index is 1.36. The third-order valence-corrected chi connectivity index (χ3v) is 26.0. The molecule has 33 heteroatoms. The van der Waals surface area contributed by atoms with Crippen LogP contribution in [0.5, 0.6) is 0 Å². The van der Waals surface area contributed by atoms with Gasteiger partial charge in [0.2, 0.25) is 0 Å². The third-order valence-electron chi connectivity index (χ3n) is 26.0. The molecule has 0 saturated heterocycles. The van der Waals surface area contributed by atoms with E-state index < -0.39 is 0 Å². The van der Waals surface area contributed by atoms with Gasteiger partial charge in [0.15, 0.2) is 0 Å². The van der Waals surface area contributed by atoms with Crippen LogP contribution in [-0.4, -0.2) is 251 Å². The van der Waals surface area contributed by atoms with Gasteiger partial charge in [0.25, 0.3) is 0 Å². The highest BCUT2D eigenvalue weighted by Crippen LogP contribution is 2.42. The zero-order valence-electron chi connectivity index (χ0n) is 60.4. The van der Waals surface area contributed by atoms with Crippen molar-refractivity contribution >= 4 is 512 Å². The number of furan rings is 1. The third kappa shape index (κ3) is 7.55. The summed E-state index contributed by atoms with van der Waals surface area (Å²) in [6.07, 6.45) is 0. The lowest BCUT2D eigenvalue weighted by Gasteiger charge is -2.31. The van der Waals surface area contributed by atoms with E-state index in [0.29, 0.717) is 0 Å². The van der Waals surface area contributed by atoms with Gasteiger partial charge in [0, 0.05) is 21.9 Å². The molecule has 13 rings (SSSR count). The molecule has 0 bridgehead atoms. The molecular formula is C56H64B32O. The van der Waals surface area contributed by atoms with Crippen molar-refractivity contribution in [2.75, 3.05) is 0 Å². The van der Waals surface area contributed by atoms with Crippen LogP contribution >= 0.6 is 0 Å². The molecule has 0 radical (unpaired) electrons. The van der Waals surface area contributed by atoms with E-state index in [9.17, 15) is 0 Å². The highest BCUT2D eigenvalue weighted by molar-refractivity contribution is 6.80. The Morgan fingerprint density at radius 2 is 0.258 bits per heavy atom. The molecule has 0 aliphatic rings. The van der Waals surface area contributed by atoms with E-state index >= 15 is 0 Å². The van der Waals surface area contributed by atoms with E-state index in [4.69, 9.17) is 4.42 Å². The predicted molar refractivity (Wildman–Crippen MR) is 505 cm³/mol. The summed E-state index contributed by atoms with van der Waals surface area (Å²) in [6, 6.07) is 0. The molecular weight excluding hydrogens is 1030 g/mol. The summed E-state index contributed by atoms with van der Waals surface area (Å²) in [5, 5.41) is 19.6. The van der Waals surface area contributed by atoms with Gasteiger partial charge >= 0.3 is 0 Å². The van der Waals surface area contributed by atoms with Crippen LogP contribution in [0.2, 0.25) is 0 Å². The van der Waals surface area contributed by atoms with Crippen molar-refractivity contribution < 1.29 is 4.42 Å². The summed E-state index contributed by atoms with van der Waals surface area (Å²) >= 11 is 0. The normalized spacial score (nSPS) is 12.1. The monoisotopic (exact) mass is 1100 g/mol. The average Bonchev–Trinajstić information content (AvgIpc) is 1.08. The minimum Gasteiger partial charge on any atom is -0.455 e. The van der Waals surface area contributed by atoms with E-state index in [0.717, 1.165) is 11.2 Å². The van der Waals surface area contributed by atoms with Crippen molar-refractivity contribution in [1.29, 1.82) is 0 Å². The van der Waals surface area contributed by atoms with Crippen LogP contribution in [0, 0.1) is 0 Å². The van der Waals surface area contributed by atoms with Crippen molar-refractivity contribution in [2.24, 2.45) is 0 Å². The second-order valence-electron chi connectivity index (χ2n) is 29.0. The predicted octanol–water partition coefficient (Wildman–Crippen LogP) is -39.7. The zero-order valence-corrected chi connectivity index (χ0v) is 60.4. The second-order valence-corrected chi connectivity index (χ2v) is 29.0. The van der Waals surface area contributed by atoms with Crippen molar-refractivity contribution in [3.8, 4) is 44.5 Å². The molecule has 13 aromatic rings. The van der Waals surface area contributed by atoms with Crippen molar-refractivity contribution in [1.82, 2.24) is 0 Å². The fraction of sp³-hybridized carbons (Fsp3) is 0. The van der Waals surface area contributed by atoms with Gasteiger partial charge in [-0.25, -0.2) is 0 Å². The van der Waals surface area contributed by atoms with Gasteiger partial charge in [-0.1, -0.05) is 131 Å². The summed E-state index contributed by atoms with van der Waals surface area (Å²) in [4.78, 5) is 0. The first-order chi connectivity index (χ1) is 41.6. The van der Waals surface area contributed by atoms with E-state index in [-0.39, 0.29) is 0 Å². The van der Waals surface area contributed by atoms with E-state index in [1.165, 1.54) is 295 Å². The zero-order chi connectivity index (χ0) is 65.0. The van der Waals surface area contributed by atoms with Crippen LogP contribution in [0.3, 0.4) is 0 Å². The number of rotatable bonds is 4. The Hall–Kier alpha value is -5.40. The highest BCUT2D eigenvalue weighted by Gasteiger charge is 2.35. The van der Waals surface area contributed by atoms with Gasteiger partial charge in [0.05, 0.1) is 0 Å². The van der Waals surface area contributed by atoms with Gasteiger partial charge < -0.3 is 4.42 Å². The largest absolute Gasteiger partial charge is 0.455 e. The number of fused-ring (bicyclic) bond motifs is 3. The maximum absolute atomic E-state index is 8.26. The van der Waals surface area contributed by atoms with Crippen LogP contribution in [0.25, 0.3) is 131 Å². The smallest absolute Gasteiger partial charge is 0.142 e. The van der Waals surface area contributed by atoms with Crippen molar-refractivity contribution in [3.63, 3.8) is 0 Å². The fourth-order valence-corrected chi connectivity index (χ4v) is 19.0. The molecule has 89 heavy (non-hydrogen) atoms. The lowest BCUT2D eigenvalue weighted by atomic mass is 9.56. The lowest BCUT2D eigenvalue weighted by Crippen LogP contribution is -2.55. The maximum atomic E-state index is 8.26. The Bertz CT molecular complexity index is 5180. The second kappa shape index (κ2) is 20.5. The van der Waals surface area contributed by atoms with Gasteiger partial charge in [-0.15, -0.1) is 43.7 Å². The van der Waals surface area contributed by atoms with Gasteiger partial charge in [-0.2, -0.15) is 0 Å². The van der Waals surface area contributed by atoms with Crippen LogP contribution in [0.4, 0.5) is 0 Å². The van der Waals surface area contributed by atoms with Crippen LogP contribution in [0.15, 0.2) is 4.42 Å². The SMILES string of the molecule is Bc1c(B)c(B)c(-c2c(B)c(-c3c(B)c(B)c4c(B)c(B)c5c(B)c(B)c(B)c6c(B)c(B)c3c4c56)c(B)c3c2oc2c(-c4c(B)c(B)c(B)c(B)c4B)c(B)c(-c4c(B)c(B)c5c(B)c(B)c6c(B)c(B)c(B)c7c(B)c(B)c4c5c67)c(B)c23)c(B)c1B. The Labute approximate surface area is 557 Å². The van der Waals surface area contributed by atoms with Gasteiger partial charge in [0.1, 0.15) is 262 Å². The molecule has 12 aromatic carbocycles. The first kappa shape index (κ1) is 62.4. The van der Waals surface area contributed by atoms with Crippen LogP contribution < -0.4 is 175 Å². The summed E-state index contributed by atoms with van der Waals surface area (Å²) < 4.78 is 8.26. The highest BCUT2D eigenvalue weighted by atomic mass is 16.3. The number of hydrogen-bond donors (Lipinski definition) is 0. The molecule has 1 nitrogen and oxygen atoms in total. The summed E-state index contributed by atoms with van der Waals surface area (Å²) in [5.74, 6) is 0. The molecule has 0 fully saturated rings. The summed E-state index contributed by atoms with van der Waals surface area (Å²) in [6.45, 7) is 0. The summed E-state index contributed by atoms with van der Waals surface area (Å²) in [5.41, 5.74) is 56.2. The van der Waals surface area contributed by atoms with Crippen molar-refractivity contribution in [3.05, 3.63) is 0 Å². The maximum Gasteiger partial charge on any atom is 0.142 e. The van der Waals surface area contributed by atoms with Crippen LogP contribution in [-0.2, 0) is 0 Å². The van der Waals surface area contributed by atoms with E-state index in [2.05, 4.69) is 251 Å². The fourth-order valence-electron chi connectivity index (χ4n) is 19.0. The topological polar surface area (TPSA) is 13.1 Å². The first-order valence-electron chi connectivity index (χ1n) is 33.2. The van der Waals surface area contributed by atoms with E-state index in [1.54, 1.807) is 0 Å². The molecule has 1 aromatic heterocycles. The Kier molecular flexibility index (Phi) is 14.4. The van der Waals surface area contributed by atoms with Gasteiger partial charge in [-0.05, 0) is 98.0 Å². The molecule has 0 atom stereocenters. The van der Waals surface area contributed by atoms with Gasteiger partial charge in [-0.3, -0.25) is 0 Å². The number of benzene rings is 12. The molecule has 1 heterocycles. The first-order valence-corrected chi connectivity index (χ1v) is 33.2. The van der Waals surface area contributed by atoms with Crippen molar-refractivity contribution in [2.45, 2.75) is 0 Å².